The van der Waals surface area contributed by atoms with Gasteiger partial charge in [0.25, 0.3) is 0 Å². The first-order valence-corrected chi connectivity index (χ1v) is 9.42. The molecule has 1 atom stereocenters. The van der Waals surface area contributed by atoms with Crippen molar-refractivity contribution < 1.29 is 18.9 Å². The third kappa shape index (κ3) is 5.78. The number of hydrogen-bond donors (Lipinski definition) is 2. The van der Waals surface area contributed by atoms with Gasteiger partial charge in [0.2, 0.25) is 0 Å². The Kier molecular flexibility index (Phi) is 7.39. The van der Waals surface area contributed by atoms with E-state index >= 15 is 0 Å². The third-order valence-corrected chi connectivity index (χ3v) is 4.32. The van der Waals surface area contributed by atoms with Crippen LogP contribution in [0.4, 0.5) is 5.69 Å². The molecule has 1 saturated heterocycles. The summed E-state index contributed by atoms with van der Waals surface area (Å²) in [5.41, 5.74) is 0.914. The Balaban J connectivity index is 1.37. The minimum Gasteiger partial charge on any atom is -0.490 e. The molecule has 2 heterocycles. The summed E-state index contributed by atoms with van der Waals surface area (Å²) >= 11 is 0. The molecule has 7 heteroatoms. The molecule has 26 heavy (non-hydrogen) atoms. The minimum absolute atomic E-state index is 0.289. The maximum absolute atomic E-state index is 5.72. The van der Waals surface area contributed by atoms with Crippen LogP contribution in [0.5, 0.6) is 11.5 Å². The Morgan fingerprint density at radius 3 is 2.88 bits per heavy atom. The van der Waals surface area contributed by atoms with E-state index in [2.05, 4.69) is 15.6 Å². The summed E-state index contributed by atoms with van der Waals surface area (Å²) in [7, 11) is 1.76. The maximum Gasteiger partial charge on any atom is 0.195 e. The summed E-state index contributed by atoms with van der Waals surface area (Å²) < 4.78 is 22.6. The summed E-state index contributed by atoms with van der Waals surface area (Å²) in [6, 6.07) is 5.83. The monoisotopic (exact) mass is 363 g/mol. The minimum atomic E-state index is 0.289. The molecule has 0 aliphatic carbocycles. The van der Waals surface area contributed by atoms with Crippen LogP contribution in [0.1, 0.15) is 25.7 Å². The van der Waals surface area contributed by atoms with Crippen LogP contribution in [0, 0.1) is 0 Å². The van der Waals surface area contributed by atoms with Crippen molar-refractivity contribution in [2.24, 2.45) is 4.99 Å². The smallest absolute Gasteiger partial charge is 0.195 e. The second-order valence-corrected chi connectivity index (χ2v) is 6.40. The van der Waals surface area contributed by atoms with Gasteiger partial charge in [0, 0.05) is 45.0 Å². The fourth-order valence-electron chi connectivity index (χ4n) is 2.93. The van der Waals surface area contributed by atoms with Gasteiger partial charge in [-0.05, 0) is 31.4 Å². The Morgan fingerprint density at radius 2 is 2.08 bits per heavy atom. The quantitative estimate of drug-likeness (QED) is 0.440. The van der Waals surface area contributed by atoms with Gasteiger partial charge in [-0.2, -0.15) is 0 Å². The second kappa shape index (κ2) is 10.2. The number of anilines is 1. The molecule has 1 fully saturated rings. The number of aliphatic imine (C=N–C) groups is 1. The fourth-order valence-corrected chi connectivity index (χ4v) is 2.93. The van der Waals surface area contributed by atoms with Crippen molar-refractivity contribution in [1.82, 2.24) is 5.32 Å². The van der Waals surface area contributed by atoms with Gasteiger partial charge in [-0.15, -0.1) is 0 Å². The van der Waals surface area contributed by atoms with Gasteiger partial charge in [-0.3, -0.25) is 4.99 Å². The maximum atomic E-state index is 5.72. The van der Waals surface area contributed by atoms with Crippen LogP contribution < -0.4 is 20.1 Å². The van der Waals surface area contributed by atoms with E-state index in [1.54, 1.807) is 7.05 Å². The fraction of sp³-hybridized carbons (Fsp3) is 0.632. The van der Waals surface area contributed by atoms with E-state index in [1.165, 1.54) is 0 Å². The Labute approximate surface area is 155 Å². The molecular weight excluding hydrogens is 334 g/mol. The first-order chi connectivity index (χ1) is 12.8. The number of benzene rings is 1. The zero-order valence-corrected chi connectivity index (χ0v) is 15.5. The van der Waals surface area contributed by atoms with E-state index in [1.807, 2.05) is 18.2 Å². The summed E-state index contributed by atoms with van der Waals surface area (Å²) in [6.07, 6.45) is 4.36. The summed E-state index contributed by atoms with van der Waals surface area (Å²) in [5.74, 6) is 2.28. The normalized spacial score (nSPS) is 19.9. The van der Waals surface area contributed by atoms with Gasteiger partial charge in [0.1, 0.15) is 0 Å². The SMILES string of the molecule is CN=C(NCCCOCC1CCCO1)Nc1ccc2c(c1)OCCCO2. The van der Waals surface area contributed by atoms with Crippen molar-refractivity contribution >= 4 is 11.6 Å². The van der Waals surface area contributed by atoms with Gasteiger partial charge >= 0.3 is 0 Å². The lowest BCUT2D eigenvalue weighted by Crippen LogP contribution is -2.32. The summed E-state index contributed by atoms with van der Waals surface area (Å²) in [4.78, 5) is 4.26. The molecule has 0 bridgehead atoms. The molecular formula is C19H29N3O4. The van der Waals surface area contributed by atoms with Crippen LogP contribution in [0.3, 0.4) is 0 Å². The second-order valence-electron chi connectivity index (χ2n) is 6.40. The van der Waals surface area contributed by atoms with Crippen molar-refractivity contribution in [2.45, 2.75) is 31.8 Å². The van der Waals surface area contributed by atoms with Gasteiger partial charge in [0.15, 0.2) is 17.5 Å². The highest BCUT2D eigenvalue weighted by Gasteiger charge is 2.15. The lowest BCUT2D eigenvalue weighted by atomic mass is 10.2. The van der Waals surface area contributed by atoms with Crippen LogP contribution in [0.25, 0.3) is 0 Å². The van der Waals surface area contributed by atoms with Crippen molar-refractivity contribution in [1.29, 1.82) is 0 Å². The number of guanidine groups is 1. The molecule has 1 aromatic carbocycles. The molecule has 1 unspecified atom stereocenters. The van der Waals surface area contributed by atoms with E-state index in [9.17, 15) is 0 Å². The molecule has 1 aromatic rings. The topological polar surface area (TPSA) is 73.3 Å². The molecule has 2 N–H and O–H groups in total. The van der Waals surface area contributed by atoms with Crippen LogP contribution in [-0.2, 0) is 9.47 Å². The Hall–Kier alpha value is -1.99. The molecule has 0 spiro atoms. The van der Waals surface area contributed by atoms with Gasteiger partial charge < -0.3 is 29.6 Å². The predicted molar refractivity (Wildman–Crippen MR) is 101 cm³/mol. The number of nitrogens with one attached hydrogen (secondary N) is 2. The van der Waals surface area contributed by atoms with Crippen molar-refractivity contribution in [3.8, 4) is 11.5 Å². The van der Waals surface area contributed by atoms with Crippen LogP contribution in [-0.4, -0.2) is 58.7 Å². The number of nitrogens with zero attached hydrogens (tertiary/aromatic N) is 1. The number of hydrogen-bond acceptors (Lipinski definition) is 5. The largest absolute Gasteiger partial charge is 0.490 e. The lowest BCUT2D eigenvalue weighted by Gasteiger charge is -2.14. The van der Waals surface area contributed by atoms with E-state index in [4.69, 9.17) is 18.9 Å². The number of rotatable bonds is 7. The highest BCUT2D eigenvalue weighted by molar-refractivity contribution is 5.93. The van der Waals surface area contributed by atoms with Crippen molar-refractivity contribution in [3.63, 3.8) is 0 Å². The lowest BCUT2D eigenvalue weighted by molar-refractivity contribution is 0.0168. The zero-order valence-electron chi connectivity index (χ0n) is 15.5. The van der Waals surface area contributed by atoms with Crippen molar-refractivity contribution in [3.05, 3.63) is 18.2 Å². The predicted octanol–water partition coefficient (Wildman–Crippen LogP) is 2.42. The highest BCUT2D eigenvalue weighted by Crippen LogP contribution is 2.32. The molecule has 3 rings (SSSR count). The van der Waals surface area contributed by atoms with E-state index in [0.29, 0.717) is 26.4 Å². The van der Waals surface area contributed by atoms with Gasteiger partial charge in [0.05, 0.1) is 25.9 Å². The molecule has 7 nitrogen and oxygen atoms in total. The summed E-state index contributed by atoms with van der Waals surface area (Å²) in [5, 5.41) is 6.57. The van der Waals surface area contributed by atoms with Gasteiger partial charge in [-0.25, -0.2) is 0 Å². The molecule has 2 aliphatic rings. The number of fused-ring (bicyclic) bond motifs is 1. The third-order valence-electron chi connectivity index (χ3n) is 4.32. The highest BCUT2D eigenvalue weighted by atomic mass is 16.5. The molecule has 144 valence electrons. The van der Waals surface area contributed by atoms with Crippen LogP contribution in [0.2, 0.25) is 0 Å². The van der Waals surface area contributed by atoms with E-state index in [-0.39, 0.29) is 6.10 Å². The standard InChI is InChI=1S/C19H29N3O4/c1-20-19(21-8-3-9-23-14-16-5-2-10-24-16)22-15-6-7-17-18(13-15)26-12-4-11-25-17/h6-7,13,16H,2-5,8-12,14H2,1H3,(H2,20,21,22). The average molecular weight is 363 g/mol. The molecule has 0 radical (unpaired) electrons. The van der Waals surface area contributed by atoms with Crippen molar-refractivity contribution in [2.75, 3.05) is 51.9 Å². The number of ether oxygens (including phenoxy) is 4. The molecule has 0 aromatic heterocycles. The zero-order chi connectivity index (χ0) is 18.0. The van der Waals surface area contributed by atoms with Gasteiger partial charge in [-0.1, -0.05) is 0 Å². The first-order valence-electron chi connectivity index (χ1n) is 9.42. The Bertz CT molecular complexity index is 588. The Morgan fingerprint density at radius 1 is 1.19 bits per heavy atom. The van der Waals surface area contributed by atoms with Crippen LogP contribution in [0.15, 0.2) is 23.2 Å². The first kappa shape index (κ1) is 18.8. The molecule has 2 aliphatic heterocycles. The van der Waals surface area contributed by atoms with Crippen LogP contribution >= 0.6 is 0 Å². The molecule has 0 saturated carbocycles. The summed E-state index contributed by atoms with van der Waals surface area (Å²) in [6.45, 7) is 4.44. The average Bonchev–Trinajstić information content (AvgIpc) is 3.07. The molecule has 0 amide bonds. The van der Waals surface area contributed by atoms with E-state index < -0.39 is 0 Å². The van der Waals surface area contributed by atoms with E-state index in [0.717, 1.165) is 62.0 Å².